The van der Waals surface area contributed by atoms with Gasteiger partial charge in [-0.3, -0.25) is 19.4 Å². The van der Waals surface area contributed by atoms with Crippen molar-refractivity contribution in [1.29, 1.82) is 0 Å². The second-order valence-corrected chi connectivity index (χ2v) is 7.33. The van der Waals surface area contributed by atoms with E-state index in [0.717, 1.165) is 31.6 Å². The molecule has 0 spiro atoms. The van der Waals surface area contributed by atoms with E-state index >= 15 is 0 Å². The Morgan fingerprint density at radius 3 is 2.42 bits per heavy atom. The van der Waals surface area contributed by atoms with Crippen molar-refractivity contribution in [3.05, 3.63) is 24.3 Å². The maximum absolute atomic E-state index is 13.3. The van der Waals surface area contributed by atoms with Crippen molar-refractivity contribution in [2.75, 3.05) is 23.3 Å². The normalized spacial score (nSPS) is 22.3. The van der Waals surface area contributed by atoms with E-state index in [0.29, 0.717) is 5.69 Å². The van der Waals surface area contributed by atoms with Crippen LogP contribution in [0.25, 0.3) is 0 Å². The van der Waals surface area contributed by atoms with Gasteiger partial charge in [0.2, 0.25) is 11.8 Å². The maximum atomic E-state index is 13.3. The standard InChI is InChI=1S/C19H27N3O2/c1-14(21-12-8-4-5-9-13-21)17(23)22-16-11-7-6-10-15(16)20-18(24)19(22,2)3/h6-7,10-11,14H,4-5,8-9,12-13H2,1-3H3,(H,20,24)/t14-/m0/s1. The van der Waals surface area contributed by atoms with Crippen LogP contribution < -0.4 is 10.2 Å². The molecule has 0 bridgehead atoms. The van der Waals surface area contributed by atoms with E-state index in [1.807, 2.05) is 45.0 Å². The lowest BCUT2D eigenvalue weighted by Crippen LogP contribution is -2.62. The number of fused-ring (bicyclic) bond motifs is 1. The van der Waals surface area contributed by atoms with Gasteiger partial charge in [-0.15, -0.1) is 0 Å². The Balaban J connectivity index is 1.93. The van der Waals surface area contributed by atoms with Gasteiger partial charge in [-0.2, -0.15) is 0 Å². The number of nitrogens with one attached hydrogen (secondary N) is 1. The summed E-state index contributed by atoms with van der Waals surface area (Å²) in [6.45, 7) is 7.50. The third-order valence-corrected chi connectivity index (χ3v) is 5.27. The van der Waals surface area contributed by atoms with Gasteiger partial charge in [-0.25, -0.2) is 0 Å². The first-order chi connectivity index (χ1) is 11.4. The van der Waals surface area contributed by atoms with Crippen LogP contribution in [0.4, 0.5) is 11.4 Å². The van der Waals surface area contributed by atoms with E-state index in [2.05, 4.69) is 10.2 Å². The van der Waals surface area contributed by atoms with Crippen molar-refractivity contribution in [3.8, 4) is 0 Å². The number of nitrogens with zero attached hydrogens (tertiary/aromatic N) is 2. The van der Waals surface area contributed by atoms with Crippen molar-refractivity contribution < 1.29 is 9.59 Å². The number of para-hydroxylation sites is 2. The third-order valence-electron chi connectivity index (χ3n) is 5.27. The Labute approximate surface area is 144 Å². The van der Waals surface area contributed by atoms with Gasteiger partial charge in [-0.1, -0.05) is 25.0 Å². The van der Waals surface area contributed by atoms with Crippen LogP contribution in [0.1, 0.15) is 46.5 Å². The number of carbonyl (C=O) groups is 2. The number of anilines is 2. The number of hydrogen-bond acceptors (Lipinski definition) is 3. The topological polar surface area (TPSA) is 52.7 Å². The highest BCUT2D eigenvalue weighted by molar-refractivity contribution is 6.15. The summed E-state index contributed by atoms with van der Waals surface area (Å²) in [4.78, 5) is 29.8. The van der Waals surface area contributed by atoms with Crippen LogP contribution in [0.2, 0.25) is 0 Å². The van der Waals surface area contributed by atoms with Gasteiger partial charge < -0.3 is 5.32 Å². The van der Waals surface area contributed by atoms with Crippen molar-refractivity contribution in [3.63, 3.8) is 0 Å². The number of rotatable bonds is 2. The molecule has 1 aromatic carbocycles. The molecule has 24 heavy (non-hydrogen) atoms. The summed E-state index contributed by atoms with van der Waals surface area (Å²) in [5, 5.41) is 2.92. The molecule has 0 saturated carbocycles. The Bertz CT molecular complexity index is 633. The van der Waals surface area contributed by atoms with Crippen LogP contribution in [-0.2, 0) is 9.59 Å². The number of hydrogen-bond donors (Lipinski definition) is 1. The molecule has 0 radical (unpaired) electrons. The first kappa shape index (κ1) is 17.0. The largest absolute Gasteiger partial charge is 0.322 e. The zero-order chi connectivity index (χ0) is 17.3. The number of carbonyl (C=O) groups excluding carboxylic acids is 2. The molecular formula is C19H27N3O2. The monoisotopic (exact) mass is 329 g/mol. The van der Waals surface area contributed by atoms with Gasteiger partial charge in [0.25, 0.3) is 0 Å². The van der Waals surface area contributed by atoms with Crippen molar-refractivity contribution >= 4 is 23.2 Å². The molecule has 0 unspecified atom stereocenters. The number of likely N-dealkylation sites (tertiary alicyclic amines) is 1. The number of benzene rings is 1. The van der Waals surface area contributed by atoms with Crippen molar-refractivity contribution in [2.24, 2.45) is 0 Å². The fraction of sp³-hybridized carbons (Fsp3) is 0.579. The molecule has 130 valence electrons. The van der Waals surface area contributed by atoms with Crippen LogP contribution >= 0.6 is 0 Å². The van der Waals surface area contributed by atoms with Gasteiger partial charge in [0, 0.05) is 0 Å². The highest BCUT2D eigenvalue weighted by atomic mass is 16.2. The molecule has 1 N–H and O–H groups in total. The molecule has 5 heteroatoms. The summed E-state index contributed by atoms with van der Waals surface area (Å²) >= 11 is 0. The third kappa shape index (κ3) is 2.93. The van der Waals surface area contributed by atoms with E-state index in [9.17, 15) is 9.59 Å². The minimum atomic E-state index is -0.897. The van der Waals surface area contributed by atoms with Crippen molar-refractivity contribution in [1.82, 2.24) is 4.90 Å². The molecule has 0 aliphatic carbocycles. The molecular weight excluding hydrogens is 302 g/mol. The Morgan fingerprint density at radius 2 is 1.75 bits per heavy atom. The van der Waals surface area contributed by atoms with Gasteiger partial charge in [-0.05, 0) is 58.8 Å². The second-order valence-electron chi connectivity index (χ2n) is 7.33. The second kappa shape index (κ2) is 6.55. The molecule has 2 amide bonds. The van der Waals surface area contributed by atoms with E-state index < -0.39 is 5.54 Å². The SMILES string of the molecule is C[C@@H](C(=O)N1c2ccccc2NC(=O)C1(C)C)N1CCCCCC1. The van der Waals surface area contributed by atoms with Gasteiger partial charge in [0.05, 0.1) is 17.4 Å². The lowest BCUT2D eigenvalue weighted by atomic mass is 9.95. The van der Waals surface area contributed by atoms with Crippen LogP contribution in [0.5, 0.6) is 0 Å². The highest BCUT2D eigenvalue weighted by Gasteiger charge is 2.45. The van der Waals surface area contributed by atoms with Gasteiger partial charge in [0.1, 0.15) is 5.54 Å². The summed E-state index contributed by atoms with van der Waals surface area (Å²) < 4.78 is 0. The quantitative estimate of drug-likeness (QED) is 0.907. The van der Waals surface area contributed by atoms with Crippen LogP contribution in [0.15, 0.2) is 24.3 Å². The van der Waals surface area contributed by atoms with Crippen LogP contribution in [0, 0.1) is 0 Å². The first-order valence-electron chi connectivity index (χ1n) is 8.91. The molecule has 1 saturated heterocycles. The molecule has 3 rings (SSSR count). The molecule has 0 aromatic heterocycles. The van der Waals surface area contributed by atoms with E-state index in [-0.39, 0.29) is 17.9 Å². The van der Waals surface area contributed by atoms with E-state index in [4.69, 9.17) is 0 Å². The molecule has 1 atom stereocenters. The smallest absolute Gasteiger partial charge is 0.250 e. The van der Waals surface area contributed by atoms with Gasteiger partial charge in [0.15, 0.2) is 0 Å². The van der Waals surface area contributed by atoms with E-state index in [1.54, 1.807) is 4.90 Å². The minimum Gasteiger partial charge on any atom is -0.322 e. The van der Waals surface area contributed by atoms with Crippen LogP contribution in [-0.4, -0.2) is 41.4 Å². The summed E-state index contributed by atoms with van der Waals surface area (Å²) in [5.41, 5.74) is 0.595. The van der Waals surface area contributed by atoms with E-state index in [1.165, 1.54) is 12.8 Å². The van der Waals surface area contributed by atoms with Crippen LogP contribution in [0.3, 0.4) is 0 Å². The van der Waals surface area contributed by atoms with Gasteiger partial charge >= 0.3 is 0 Å². The average molecular weight is 329 g/mol. The fourth-order valence-corrected chi connectivity index (χ4v) is 3.67. The summed E-state index contributed by atoms with van der Waals surface area (Å²) in [6.07, 6.45) is 4.74. The lowest BCUT2D eigenvalue weighted by Gasteiger charge is -2.44. The summed E-state index contributed by atoms with van der Waals surface area (Å²) in [7, 11) is 0. The molecule has 1 fully saturated rings. The predicted octanol–water partition coefficient (Wildman–Crippen LogP) is 3.01. The average Bonchev–Trinajstić information content (AvgIpc) is 2.84. The zero-order valence-electron chi connectivity index (χ0n) is 14.8. The molecule has 5 nitrogen and oxygen atoms in total. The summed E-state index contributed by atoms with van der Waals surface area (Å²) in [6, 6.07) is 7.31. The summed E-state index contributed by atoms with van der Waals surface area (Å²) in [5.74, 6) is -0.137. The molecule has 2 aliphatic heterocycles. The van der Waals surface area contributed by atoms with Crippen molar-refractivity contribution in [2.45, 2.75) is 58.0 Å². The Hall–Kier alpha value is -1.88. The first-order valence-corrected chi connectivity index (χ1v) is 8.91. The molecule has 1 aromatic rings. The minimum absolute atomic E-state index is 0.00389. The molecule has 2 aliphatic rings. The number of amides is 2. The molecule has 2 heterocycles. The Kier molecular flexibility index (Phi) is 4.63. The Morgan fingerprint density at radius 1 is 1.12 bits per heavy atom. The lowest BCUT2D eigenvalue weighted by molar-refractivity contribution is -0.129. The predicted molar refractivity (Wildman–Crippen MR) is 96.1 cm³/mol. The fourth-order valence-electron chi connectivity index (χ4n) is 3.67. The highest BCUT2D eigenvalue weighted by Crippen LogP contribution is 2.37. The zero-order valence-corrected chi connectivity index (χ0v) is 14.8. The maximum Gasteiger partial charge on any atom is 0.250 e.